The third-order valence-electron chi connectivity index (χ3n) is 4.12. The van der Waals surface area contributed by atoms with Crippen molar-refractivity contribution in [3.05, 3.63) is 39.9 Å². The Morgan fingerprint density at radius 2 is 2.00 bits per heavy atom. The number of benzene rings is 1. The number of hydrogen-bond acceptors (Lipinski definition) is 4. The number of rotatable bonds is 5. The highest BCUT2D eigenvalue weighted by Crippen LogP contribution is 2.29. The summed E-state index contributed by atoms with van der Waals surface area (Å²) >= 11 is 0. The lowest BCUT2D eigenvalue weighted by Crippen LogP contribution is -2.42. The standard InChI is InChI=1S/C15H22N2O3/c1-12(13-7-3-4-8-14(13)17(19)20)16-11-15(18)9-5-2-6-10-15/h3-4,7-8,12,16,18H,2,5-6,9-11H2,1H3. The fraction of sp³-hybridized carbons (Fsp3) is 0.600. The van der Waals surface area contributed by atoms with Crippen LogP contribution in [-0.4, -0.2) is 22.2 Å². The Labute approximate surface area is 119 Å². The topological polar surface area (TPSA) is 75.4 Å². The molecular formula is C15H22N2O3. The first-order valence-corrected chi connectivity index (χ1v) is 7.21. The van der Waals surface area contributed by atoms with Crippen LogP contribution in [0.4, 0.5) is 5.69 Å². The molecule has 1 unspecified atom stereocenters. The molecule has 1 aliphatic carbocycles. The van der Waals surface area contributed by atoms with Gasteiger partial charge >= 0.3 is 0 Å². The zero-order valence-corrected chi connectivity index (χ0v) is 11.8. The molecule has 20 heavy (non-hydrogen) atoms. The smallest absolute Gasteiger partial charge is 0.274 e. The molecule has 1 atom stereocenters. The van der Waals surface area contributed by atoms with Crippen LogP contribution in [0.25, 0.3) is 0 Å². The number of para-hydroxylation sites is 1. The minimum atomic E-state index is -0.657. The number of nitro groups is 1. The van der Waals surface area contributed by atoms with E-state index in [4.69, 9.17) is 0 Å². The lowest BCUT2D eigenvalue weighted by Gasteiger charge is -2.33. The van der Waals surface area contributed by atoms with E-state index in [1.54, 1.807) is 18.2 Å². The summed E-state index contributed by atoms with van der Waals surface area (Å²) in [6, 6.07) is 6.60. The van der Waals surface area contributed by atoms with Gasteiger partial charge in [-0.1, -0.05) is 37.5 Å². The molecule has 1 aromatic rings. The molecule has 2 N–H and O–H groups in total. The predicted octanol–water partition coefficient (Wildman–Crippen LogP) is 2.94. The molecular weight excluding hydrogens is 256 g/mol. The van der Waals surface area contributed by atoms with Crippen LogP contribution in [0.2, 0.25) is 0 Å². The number of nitrogens with zero attached hydrogens (tertiary/aromatic N) is 1. The van der Waals surface area contributed by atoms with E-state index in [1.165, 1.54) is 12.5 Å². The van der Waals surface area contributed by atoms with Crippen LogP contribution in [0.1, 0.15) is 50.6 Å². The average Bonchev–Trinajstić information content (AvgIpc) is 2.45. The van der Waals surface area contributed by atoms with Gasteiger partial charge in [0.2, 0.25) is 0 Å². The normalized spacial score (nSPS) is 19.5. The molecule has 1 aromatic carbocycles. The summed E-state index contributed by atoms with van der Waals surface area (Å²) < 4.78 is 0. The van der Waals surface area contributed by atoms with E-state index in [0.717, 1.165) is 25.7 Å². The molecule has 0 spiro atoms. The summed E-state index contributed by atoms with van der Waals surface area (Å²) in [5.41, 5.74) is 0.135. The maximum absolute atomic E-state index is 11.0. The number of nitro benzene ring substituents is 1. The summed E-state index contributed by atoms with van der Waals surface area (Å²) in [6.45, 7) is 2.38. The van der Waals surface area contributed by atoms with E-state index in [0.29, 0.717) is 12.1 Å². The van der Waals surface area contributed by atoms with Crippen LogP contribution < -0.4 is 5.32 Å². The second kappa shape index (κ2) is 6.33. The van der Waals surface area contributed by atoms with Gasteiger partial charge in [-0.25, -0.2) is 0 Å². The van der Waals surface area contributed by atoms with Crippen molar-refractivity contribution < 1.29 is 10.0 Å². The molecule has 0 saturated heterocycles. The summed E-state index contributed by atoms with van der Waals surface area (Å²) in [5.74, 6) is 0. The van der Waals surface area contributed by atoms with E-state index in [-0.39, 0.29) is 16.7 Å². The molecule has 0 aliphatic heterocycles. The zero-order valence-electron chi connectivity index (χ0n) is 11.8. The number of nitrogens with one attached hydrogen (secondary N) is 1. The Morgan fingerprint density at radius 3 is 2.65 bits per heavy atom. The predicted molar refractivity (Wildman–Crippen MR) is 77.5 cm³/mol. The maximum atomic E-state index is 11.0. The van der Waals surface area contributed by atoms with Crippen molar-refractivity contribution in [3.63, 3.8) is 0 Å². The van der Waals surface area contributed by atoms with Gasteiger partial charge in [0.15, 0.2) is 0 Å². The summed E-state index contributed by atoms with van der Waals surface area (Å²) in [6.07, 6.45) is 4.91. The van der Waals surface area contributed by atoms with Gasteiger partial charge in [-0.15, -0.1) is 0 Å². The lowest BCUT2D eigenvalue weighted by molar-refractivity contribution is -0.385. The molecule has 0 radical (unpaired) electrons. The van der Waals surface area contributed by atoms with Gasteiger partial charge in [0.1, 0.15) is 0 Å². The Kier molecular flexibility index (Phi) is 4.73. The molecule has 1 fully saturated rings. The average molecular weight is 278 g/mol. The van der Waals surface area contributed by atoms with Gasteiger partial charge < -0.3 is 10.4 Å². The molecule has 0 amide bonds. The van der Waals surface area contributed by atoms with Crippen LogP contribution in [-0.2, 0) is 0 Å². The van der Waals surface area contributed by atoms with Crippen molar-refractivity contribution in [2.24, 2.45) is 0 Å². The largest absolute Gasteiger partial charge is 0.389 e. The third-order valence-corrected chi connectivity index (χ3v) is 4.12. The Morgan fingerprint density at radius 1 is 1.35 bits per heavy atom. The van der Waals surface area contributed by atoms with Gasteiger partial charge in [0.25, 0.3) is 5.69 Å². The van der Waals surface area contributed by atoms with Crippen LogP contribution in [0.3, 0.4) is 0 Å². The highest BCUT2D eigenvalue weighted by molar-refractivity contribution is 5.41. The molecule has 5 heteroatoms. The SMILES string of the molecule is CC(NCC1(O)CCCCC1)c1ccccc1[N+](=O)[O-]. The minimum absolute atomic E-state index is 0.128. The molecule has 0 bridgehead atoms. The molecule has 0 aromatic heterocycles. The van der Waals surface area contributed by atoms with E-state index < -0.39 is 5.60 Å². The van der Waals surface area contributed by atoms with Crippen LogP contribution >= 0.6 is 0 Å². The van der Waals surface area contributed by atoms with Crippen LogP contribution in [0, 0.1) is 10.1 Å². The minimum Gasteiger partial charge on any atom is -0.389 e. The summed E-state index contributed by atoms with van der Waals surface area (Å²) in [5, 5.41) is 24.7. The first-order valence-electron chi connectivity index (χ1n) is 7.21. The first-order chi connectivity index (χ1) is 9.52. The molecule has 1 saturated carbocycles. The summed E-state index contributed by atoms with van der Waals surface area (Å²) in [4.78, 5) is 10.7. The zero-order chi connectivity index (χ0) is 14.6. The van der Waals surface area contributed by atoms with Gasteiger partial charge in [-0.3, -0.25) is 10.1 Å². The quantitative estimate of drug-likeness (QED) is 0.641. The summed E-state index contributed by atoms with van der Waals surface area (Å²) in [7, 11) is 0. The van der Waals surface area contributed by atoms with Gasteiger partial charge in [0, 0.05) is 24.2 Å². The number of hydrogen-bond donors (Lipinski definition) is 2. The second-order valence-corrected chi connectivity index (χ2v) is 5.70. The van der Waals surface area contributed by atoms with Gasteiger partial charge in [-0.05, 0) is 19.8 Å². The van der Waals surface area contributed by atoms with Gasteiger partial charge in [0.05, 0.1) is 10.5 Å². The van der Waals surface area contributed by atoms with Crippen molar-refractivity contribution >= 4 is 5.69 Å². The van der Waals surface area contributed by atoms with Crippen molar-refractivity contribution in [2.75, 3.05) is 6.54 Å². The van der Waals surface area contributed by atoms with E-state index in [1.807, 2.05) is 6.92 Å². The lowest BCUT2D eigenvalue weighted by atomic mass is 9.84. The molecule has 1 aliphatic rings. The fourth-order valence-electron chi connectivity index (χ4n) is 2.86. The van der Waals surface area contributed by atoms with E-state index in [9.17, 15) is 15.2 Å². The van der Waals surface area contributed by atoms with Gasteiger partial charge in [-0.2, -0.15) is 0 Å². The van der Waals surface area contributed by atoms with E-state index >= 15 is 0 Å². The monoisotopic (exact) mass is 278 g/mol. The Bertz CT molecular complexity index is 470. The molecule has 2 rings (SSSR count). The highest BCUT2D eigenvalue weighted by atomic mass is 16.6. The van der Waals surface area contributed by atoms with Crippen LogP contribution in [0.15, 0.2) is 24.3 Å². The Balaban J connectivity index is 2.01. The van der Waals surface area contributed by atoms with E-state index in [2.05, 4.69) is 5.32 Å². The second-order valence-electron chi connectivity index (χ2n) is 5.70. The van der Waals surface area contributed by atoms with Crippen molar-refractivity contribution in [3.8, 4) is 0 Å². The molecule has 5 nitrogen and oxygen atoms in total. The maximum Gasteiger partial charge on any atom is 0.274 e. The molecule has 0 heterocycles. The van der Waals surface area contributed by atoms with Crippen molar-refractivity contribution in [1.29, 1.82) is 0 Å². The number of aliphatic hydroxyl groups is 1. The third kappa shape index (κ3) is 3.55. The van der Waals surface area contributed by atoms with Crippen LogP contribution in [0.5, 0.6) is 0 Å². The first kappa shape index (κ1) is 14.9. The highest BCUT2D eigenvalue weighted by Gasteiger charge is 2.30. The fourth-order valence-corrected chi connectivity index (χ4v) is 2.86. The van der Waals surface area contributed by atoms with Crippen molar-refractivity contribution in [1.82, 2.24) is 5.32 Å². The Hall–Kier alpha value is -1.46. The van der Waals surface area contributed by atoms with Crippen molar-refractivity contribution in [2.45, 2.75) is 50.7 Å². The molecule has 110 valence electrons.